The second-order valence-electron chi connectivity index (χ2n) is 3.84. The van der Waals surface area contributed by atoms with Crippen LogP contribution < -0.4 is 4.74 Å². The molecule has 0 radical (unpaired) electrons. The van der Waals surface area contributed by atoms with Gasteiger partial charge in [0.25, 0.3) is 0 Å². The first-order chi connectivity index (χ1) is 9.65. The number of carboxylic acid groups (broad SMARTS) is 1. The average Bonchev–Trinajstić information content (AvgIpc) is 2.46. The zero-order chi connectivity index (χ0) is 14.4. The quantitative estimate of drug-likeness (QED) is 0.652. The molecule has 1 aromatic heterocycles. The number of halogens is 1. The molecule has 0 aliphatic heterocycles. The van der Waals surface area contributed by atoms with Crippen LogP contribution in [0.15, 0.2) is 47.6 Å². The number of aromatic nitrogens is 1. The van der Waals surface area contributed by atoms with Crippen LogP contribution in [0.4, 0.5) is 0 Å². The van der Waals surface area contributed by atoms with Gasteiger partial charge in [0.15, 0.2) is 0 Å². The third kappa shape index (κ3) is 4.43. The van der Waals surface area contributed by atoms with Crippen LogP contribution in [0.3, 0.4) is 0 Å². The second kappa shape index (κ2) is 7.17. The molecule has 104 valence electrons. The van der Waals surface area contributed by atoms with Crippen molar-refractivity contribution >= 4 is 29.3 Å². The Balaban J connectivity index is 1.79. The maximum absolute atomic E-state index is 10.8. The number of ether oxygens (including phenoxy) is 1. The van der Waals surface area contributed by atoms with Gasteiger partial charge < -0.3 is 9.84 Å². The summed E-state index contributed by atoms with van der Waals surface area (Å²) in [6, 6.07) is 10.1. The maximum Gasteiger partial charge on any atom is 0.335 e. The molecule has 6 heteroatoms. The van der Waals surface area contributed by atoms with Crippen LogP contribution in [-0.4, -0.2) is 28.4 Å². The van der Waals surface area contributed by atoms with Gasteiger partial charge in [-0.05, 0) is 30.3 Å². The van der Waals surface area contributed by atoms with Crippen molar-refractivity contribution in [1.82, 2.24) is 4.98 Å². The van der Waals surface area contributed by atoms with E-state index in [1.165, 1.54) is 12.1 Å². The van der Waals surface area contributed by atoms with Crippen molar-refractivity contribution in [2.24, 2.45) is 0 Å². The van der Waals surface area contributed by atoms with E-state index < -0.39 is 5.97 Å². The lowest BCUT2D eigenvalue weighted by molar-refractivity contribution is 0.0696. The van der Waals surface area contributed by atoms with E-state index in [9.17, 15) is 4.79 Å². The Morgan fingerprint density at radius 2 is 2.20 bits per heavy atom. The van der Waals surface area contributed by atoms with Crippen LogP contribution in [0.1, 0.15) is 10.4 Å². The molecule has 0 aliphatic rings. The first kappa shape index (κ1) is 14.7. The van der Waals surface area contributed by atoms with Gasteiger partial charge in [-0.2, -0.15) is 0 Å². The molecule has 0 spiro atoms. The number of pyridine rings is 1. The van der Waals surface area contributed by atoms with Gasteiger partial charge in [-0.25, -0.2) is 9.78 Å². The molecule has 0 aliphatic carbocycles. The molecule has 0 fully saturated rings. The highest BCUT2D eigenvalue weighted by molar-refractivity contribution is 7.99. The summed E-state index contributed by atoms with van der Waals surface area (Å²) < 4.78 is 5.50. The molecule has 0 amide bonds. The Labute approximate surface area is 125 Å². The van der Waals surface area contributed by atoms with Gasteiger partial charge in [0.1, 0.15) is 5.75 Å². The molecule has 0 bridgehead atoms. The molecule has 4 nitrogen and oxygen atoms in total. The zero-order valence-corrected chi connectivity index (χ0v) is 12.0. The van der Waals surface area contributed by atoms with Gasteiger partial charge >= 0.3 is 5.97 Å². The summed E-state index contributed by atoms with van der Waals surface area (Å²) in [5.74, 6) is 0.302. The number of rotatable bonds is 6. The van der Waals surface area contributed by atoms with Gasteiger partial charge in [-0.1, -0.05) is 17.7 Å². The fraction of sp³-hybridized carbons (Fsp3) is 0.143. The predicted octanol–water partition coefficient (Wildman–Crippen LogP) is 3.60. The number of carboxylic acids is 1. The van der Waals surface area contributed by atoms with Crippen molar-refractivity contribution in [1.29, 1.82) is 0 Å². The Bertz CT molecular complexity index is 589. The molecular formula is C14H12ClNO3S. The Morgan fingerprint density at radius 1 is 1.35 bits per heavy atom. The summed E-state index contributed by atoms with van der Waals surface area (Å²) in [6.07, 6.45) is 1.60. The minimum absolute atomic E-state index is 0.217. The van der Waals surface area contributed by atoms with Crippen LogP contribution >= 0.6 is 23.4 Å². The molecule has 1 N–H and O–H groups in total. The highest BCUT2D eigenvalue weighted by Gasteiger charge is 2.03. The monoisotopic (exact) mass is 309 g/mol. The Morgan fingerprint density at radius 3 is 2.90 bits per heavy atom. The molecule has 1 aromatic carbocycles. The number of hydrogen-bond acceptors (Lipinski definition) is 4. The van der Waals surface area contributed by atoms with Crippen molar-refractivity contribution in [2.45, 2.75) is 5.03 Å². The molecule has 0 saturated heterocycles. The predicted molar refractivity (Wildman–Crippen MR) is 78.9 cm³/mol. The van der Waals surface area contributed by atoms with E-state index in [0.29, 0.717) is 23.1 Å². The lowest BCUT2D eigenvalue weighted by atomic mass is 10.2. The van der Waals surface area contributed by atoms with Gasteiger partial charge in [0, 0.05) is 11.9 Å². The molecular weight excluding hydrogens is 298 g/mol. The first-order valence-corrected chi connectivity index (χ1v) is 7.22. The van der Waals surface area contributed by atoms with Crippen molar-refractivity contribution in [2.75, 3.05) is 12.4 Å². The lowest BCUT2D eigenvalue weighted by Crippen LogP contribution is -2.02. The average molecular weight is 310 g/mol. The molecule has 2 aromatic rings. The minimum atomic E-state index is -0.963. The number of nitrogens with zero attached hydrogens (tertiary/aromatic N) is 1. The zero-order valence-electron chi connectivity index (χ0n) is 10.5. The summed E-state index contributed by atoms with van der Waals surface area (Å²) in [5.41, 5.74) is 0.217. The lowest BCUT2D eigenvalue weighted by Gasteiger charge is -2.06. The van der Waals surface area contributed by atoms with Crippen LogP contribution in [-0.2, 0) is 0 Å². The summed E-state index contributed by atoms with van der Waals surface area (Å²) in [7, 11) is 0. The number of carbonyl (C=O) groups is 1. The summed E-state index contributed by atoms with van der Waals surface area (Å²) in [5, 5.41) is 10.4. The van der Waals surface area contributed by atoms with Crippen molar-refractivity contribution < 1.29 is 14.6 Å². The molecule has 0 unspecified atom stereocenters. The van der Waals surface area contributed by atoms with Gasteiger partial charge in [-0.15, -0.1) is 11.8 Å². The van der Waals surface area contributed by atoms with E-state index in [2.05, 4.69) is 4.98 Å². The SMILES string of the molecule is O=C(O)c1cccc(OCCSc2ccc(Cl)cn2)c1. The summed E-state index contributed by atoms with van der Waals surface area (Å²) in [6.45, 7) is 0.470. The van der Waals surface area contributed by atoms with Crippen molar-refractivity contribution in [3.63, 3.8) is 0 Å². The number of aromatic carboxylic acids is 1. The number of benzene rings is 1. The largest absolute Gasteiger partial charge is 0.493 e. The molecule has 1 heterocycles. The van der Waals surface area contributed by atoms with E-state index in [0.717, 1.165) is 5.03 Å². The minimum Gasteiger partial charge on any atom is -0.493 e. The van der Waals surface area contributed by atoms with Crippen LogP contribution in [0.25, 0.3) is 0 Å². The first-order valence-electron chi connectivity index (χ1n) is 5.85. The summed E-state index contributed by atoms with van der Waals surface area (Å²) in [4.78, 5) is 15.0. The van der Waals surface area contributed by atoms with E-state index in [-0.39, 0.29) is 5.56 Å². The Hall–Kier alpha value is -1.72. The van der Waals surface area contributed by atoms with E-state index >= 15 is 0 Å². The third-order valence-electron chi connectivity index (χ3n) is 2.38. The number of hydrogen-bond donors (Lipinski definition) is 1. The van der Waals surface area contributed by atoms with Crippen LogP contribution in [0.2, 0.25) is 5.02 Å². The normalized spacial score (nSPS) is 10.2. The molecule has 2 rings (SSSR count). The van der Waals surface area contributed by atoms with Crippen molar-refractivity contribution in [3.8, 4) is 5.75 Å². The highest BCUT2D eigenvalue weighted by Crippen LogP contribution is 2.18. The van der Waals surface area contributed by atoms with Gasteiger partial charge in [-0.3, -0.25) is 0 Å². The van der Waals surface area contributed by atoms with Gasteiger partial charge in [0.2, 0.25) is 0 Å². The third-order valence-corrected chi connectivity index (χ3v) is 3.51. The van der Waals surface area contributed by atoms with Gasteiger partial charge in [0.05, 0.1) is 22.2 Å². The molecule has 20 heavy (non-hydrogen) atoms. The molecule has 0 atom stereocenters. The van der Waals surface area contributed by atoms with E-state index in [4.69, 9.17) is 21.4 Å². The summed E-state index contributed by atoms with van der Waals surface area (Å²) >= 11 is 7.30. The fourth-order valence-electron chi connectivity index (χ4n) is 1.47. The highest BCUT2D eigenvalue weighted by atomic mass is 35.5. The van der Waals surface area contributed by atoms with Crippen LogP contribution in [0, 0.1) is 0 Å². The Kier molecular flexibility index (Phi) is 5.26. The van der Waals surface area contributed by atoms with E-state index in [1.54, 1.807) is 36.2 Å². The smallest absolute Gasteiger partial charge is 0.335 e. The maximum atomic E-state index is 10.8. The van der Waals surface area contributed by atoms with E-state index in [1.807, 2.05) is 6.07 Å². The van der Waals surface area contributed by atoms with Crippen LogP contribution in [0.5, 0.6) is 5.75 Å². The van der Waals surface area contributed by atoms with Crippen molar-refractivity contribution in [3.05, 3.63) is 53.2 Å². The standard InChI is InChI=1S/C14H12ClNO3S/c15-11-4-5-13(16-9-11)20-7-6-19-12-3-1-2-10(8-12)14(17)18/h1-5,8-9H,6-7H2,(H,17,18). The fourth-order valence-corrected chi connectivity index (χ4v) is 2.25. The number of thioether (sulfide) groups is 1. The molecule has 0 saturated carbocycles. The second-order valence-corrected chi connectivity index (χ2v) is 5.40. The topological polar surface area (TPSA) is 59.4 Å².